The molecule has 1 aromatic rings. The van der Waals surface area contributed by atoms with Gasteiger partial charge in [0.05, 0.1) is 31.5 Å². The monoisotopic (exact) mass is 521 g/mol. The van der Waals surface area contributed by atoms with Crippen LogP contribution in [0.15, 0.2) is 18.2 Å². The predicted octanol–water partition coefficient (Wildman–Crippen LogP) is 4.23. The zero-order valence-corrected chi connectivity index (χ0v) is 23.4. The van der Waals surface area contributed by atoms with E-state index in [4.69, 9.17) is 24.7 Å². The van der Waals surface area contributed by atoms with Crippen LogP contribution in [0, 0.1) is 23.7 Å². The van der Waals surface area contributed by atoms with E-state index in [0.717, 1.165) is 0 Å². The minimum Gasteiger partial charge on any atom is -0.468 e. The van der Waals surface area contributed by atoms with Crippen LogP contribution < -0.4 is 15.2 Å². The molecule has 9 heteroatoms. The average Bonchev–Trinajstić information content (AvgIpc) is 2.87. The molecule has 0 saturated carbocycles. The smallest absolute Gasteiger partial charge is 0.326 e. The molecule has 0 spiro atoms. The minimum atomic E-state index is -1.51. The molecule has 4 atom stereocenters. The molecule has 1 aromatic carbocycles. The van der Waals surface area contributed by atoms with Crippen LogP contribution in [0.5, 0.6) is 11.5 Å². The van der Waals surface area contributed by atoms with Gasteiger partial charge in [-0.15, -0.1) is 0 Å². The molecule has 0 aliphatic rings. The summed E-state index contributed by atoms with van der Waals surface area (Å²) in [4.78, 5) is 49.8. The first-order valence-corrected chi connectivity index (χ1v) is 12.9. The Kier molecular flexibility index (Phi) is 12.8. The Hall–Kier alpha value is -2.94. The lowest BCUT2D eigenvalue weighted by molar-refractivity contribution is -0.153. The van der Waals surface area contributed by atoms with Gasteiger partial charge in [-0.2, -0.15) is 0 Å². The largest absolute Gasteiger partial charge is 0.468 e. The number of ether oxygens (including phenoxy) is 4. The van der Waals surface area contributed by atoms with Crippen molar-refractivity contribution in [2.75, 3.05) is 13.7 Å². The fourth-order valence-electron chi connectivity index (χ4n) is 3.15. The molecule has 0 aliphatic heterocycles. The molecule has 0 bridgehead atoms. The lowest BCUT2D eigenvalue weighted by Crippen LogP contribution is -2.51. The van der Waals surface area contributed by atoms with Crippen LogP contribution in [-0.4, -0.2) is 43.1 Å². The first-order chi connectivity index (χ1) is 17.3. The van der Waals surface area contributed by atoms with Crippen LogP contribution in [-0.2, 0) is 35.1 Å². The van der Waals surface area contributed by atoms with Crippen molar-refractivity contribution in [2.24, 2.45) is 29.4 Å². The zero-order valence-electron chi connectivity index (χ0n) is 23.4. The molecule has 208 valence electrons. The highest BCUT2D eigenvalue weighted by Gasteiger charge is 2.36. The van der Waals surface area contributed by atoms with Crippen molar-refractivity contribution in [3.63, 3.8) is 0 Å². The first kappa shape index (κ1) is 32.1. The molecule has 0 radical (unpaired) electrons. The number of methoxy groups -OCH3 is 1. The van der Waals surface area contributed by atoms with Crippen molar-refractivity contribution in [3.05, 3.63) is 23.8 Å². The summed E-state index contributed by atoms with van der Waals surface area (Å²) in [5, 5.41) is 0. The van der Waals surface area contributed by atoms with Crippen molar-refractivity contribution in [2.45, 2.75) is 79.7 Å². The second kappa shape index (κ2) is 14.7. The maximum atomic E-state index is 12.6. The van der Waals surface area contributed by atoms with Gasteiger partial charge in [0.25, 0.3) is 0 Å². The molecule has 0 aromatic heterocycles. The van der Waals surface area contributed by atoms with E-state index in [2.05, 4.69) is 0 Å². The summed E-state index contributed by atoms with van der Waals surface area (Å²) in [5.74, 6) is -2.69. The summed E-state index contributed by atoms with van der Waals surface area (Å²) >= 11 is 0. The molecule has 2 N–H and O–H groups in total. The van der Waals surface area contributed by atoms with Gasteiger partial charge in [-0.05, 0) is 36.5 Å². The van der Waals surface area contributed by atoms with E-state index in [1.807, 2.05) is 27.7 Å². The van der Waals surface area contributed by atoms with Crippen molar-refractivity contribution in [1.29, 1.82) is 0 Å². The normalized spacial score (nSPS) is 15.2. The summed E-state index contributed by atoms with van der Waals surface area (Å²) in [5.41, 5.74) is 5.48. The van der Waals surface area contributed by atoms with E-state index in [1.165, 1.54) is 19.2 Å². The van der Waals surface area contributed by atoms with E-state index in [1.54, 1.807) is 26.8 Å². The number of carbonyl (C=O) groups is 4. The first-order valence-electron chi connectivity index (χ1n) is 12.9. The van der Waals surface area contributed by atoms with Gasteiger partial charge in [-0.1, -0.05) is 54.5 Å². The highest BCUT2D eigenvalue weighted by atomic mass is 16.6. The third kappa shape index (κ3) is 9.46. The van der Waals surface area contributed by atoms with Crippen LogP contribution in [0.3, 0.4) is 0 Å². The standard InChI is InChI=1S/C28H43NO8/c1-9-18(5)24(30)36-22-12-11-21(15-23(22)37-25(31)19(6)10-2)16-28(29,27(33)34-8)13-14-35-26(32)20(7)17(3)4/h11-12,15,17-20H,9-10,13-14,16,29H2,1-8H3/t18?,19?,20?,28-/m1/s1. The van der Waals surface area contributed by atoms with Gasteiger partial charge in [0.15, 0.2) is 11.5 Å². The maximum absolute atomic E-state index is 12.6. The van der Waals surface area contributed by atoms with E-state index < -0.39 is 23.4 Å². The molecule has 3 unspecified atom stereocenters. The van der Waals surface area contributed by atoms with Crippen LogP contribution in [0.25, 0.3) is 0 Å². The summed E-state index contributed by atoms with van der Waals surface area (Å²) in [7, 11) is 1.23. The molecule has 0 saturated heterocycles. The van der Waals surface area contributed by atoms with Crippen LogP contribution in [0.1, 0.15) is 73.3 Å². The lowest BCUT2D eigenvalue weighted by atomic mass is 9.88. The Morgan fingerprint density at radius 2 is 1.41 bits per heavy atom. The number of carbonyl (C=O) groups excluding carboxylic acids is 4. The number of hydrogen-bond donors (Lipinski definition) is 1. The second-order valence-electron chi connectivity index (χ2n) is 10.0. The van der Waals surface area contributed by atoms with Crippen LogP contribution in [0.4, 0.5) is 0 Å². The van der Waals surface area contributed by atoms with Gasteiger partial charge in [0.2, 0.25) is 0 Å². The molecule has 0 heterocycles. The van der Waals surface area contributed by atoms with Gasteiger partial charge < -0.3 is 24.7 Å². The molecule has 37 heavy (non-hydrogen) atoms. The SMILES string of the molecule is CCC(C)C(=O)Oc1ccc(C[C@](N)(CCOC(=O)C(C)C(C)C)C(=O)OC)cc1OC(=O)C(C)CC. The number of hydrogen-bond acceptors (Lipinski definition) is 9. The Balaban J connectivity index is 3.22. The van der Waals surface area contributed by atoms with E-state index in [-0.39, 0.29) is 60.6 Å². The van der Waals surface area contributed by atoms with Gasteiger partial charge >= 0.3 is 23.9 Å². The fraction of sp³-hybridized carbons (Fsp3) is 0.643. The Bertz CT molecular complexity index is 944. The third-order valence-corrected chi connectivity index (χ3v) is 6.73. The van der Waals surface area contributed by atoms with Crippen LogP contribution >= 0.6 is 0 Å². The van der Waals surface area contributed by atoms with Crippen molar-refractivity contribution >= 4 is 23.9 Å². The highest BCUT2D eigenvalue weighted by Crippen LogP contribution is 2.32. The molecular formula is C28H43NO8. The third-order valence-electron chi connectivity index (χ3n) is 6.73. The van der Waals surface area contributed by atoms with Gasteiger partial charge in [-0.25, -0.2) is 0 Å². The zero-order chi connectivity index (χ0) is 28.3. The summed E-state index contributed by atoms with van der Waals surface area (Å²) < 4.78 is 21.4. The molecular weight excluding hydrogens is 478 g/mol. The molecule has 0 amide bonds. The number of nitrogens with two attached hydrogens (primary N) is 1. The van der Waals surface area contributed by atoms with Crippen molar-refractivity contribution in [1.82, 2.24) is 0 Å². The quantitative estimate of drug-likeness (QED) is 0.282. The van der Waals surface area contributed by atoms with E-state index in [0.29, 0.717) is 18.4 Å². The minimum absolute atomic E-state index is 0.00439. The molecule has 0 fully saturated rings. The molecule has 1 rings (SSSR count). The number of esters is 4. The van der Waals surface area contributed by atoms with Crippen molar-refractivity contribution < 1.29 is 38.1 Å². The Morgan fingerprint density at radius 1 is 0.865 bits per heavy atom. The summed E-state index contributed by atoms with van der Waals surface area (Å²) in [6.45, 7) is 12.8. The van der Waals surface area contributed by atoms with Gasteiger partial charge in [0, 0.05) is 12.8 Å². The topological polar surface area (TPSA) is 131 Å². The van der Waals surface area contributed by atoms with Gasteiger partial charge in [-0.3, -0.25) is 19.2 Å². The number of rotatable bonds is 14. The maximum Gasteiger partial charge on any atom is 0.326 e. The molecule has 9 nitrogen and oxygen atoms in total. The predicted molar refractivity (Wildman–Crippen MR) is 139 cm³/mol. The molecule has 0 aliphatic carbocycles. The Labute approximate surface area is 220 Å². The van der Waals surface area contributed by atoms with Crippen molar-refractivity contribution in [3.8, 4) is 11.5 Å². The summed E-state index contributed by atoms with van der Waals surface area (Å²) in [6, 6.07) is 4.67. The second-order valence-corrected chi connectivity index (χ2v) is 10.0. The fourth-order valence-corrected chi connectivity index (χ4v) is 3.15. The average molecular weight is 522 g/mol. The van der Waals surface area contributed by atoms with Crippen LogP contribution in [0.2, 0.25) is 0 Å². The lowest BCUT2D eigenvalue weighted by Gasteiger charge is -2.27. The van der Waals surface area contributed by atoms with Gasteiger partial charge in [0.1, 0.15) is 5.54 Å². The summed E-state index contributed by atoms with van der Waals surface area (Å²) in [6.07, 6.45) is 1.19. The number of benzene rings is 1. The van der Waals surface area contributed by atoms with E-state index in [9.17, 15) is 19.2 Å². The van der Waals surface area contributed by atoms with E-state index >= 15 is 0 Å². The highest BCUT2D eigenvalue weighted by molar-refractivity contribution is 5.81. The Morgan fingerprint density at radius 3 is 1.89 bits per heavy atom.